The van der Waals surface area contributed by atoms with Gasteiger partial charge in [0.2, 0.25) is 0 Å². The number of hydrogen-bond donors (Lipinski definition) is 2. The standard InChI is InChI=1S/2C5H11.C3H4O4.Ba/c2*1-3-5-4-2;4-2(5)1-3(6)7;/h2*1,3-5H2,2H3;1H2,(H,4,5)(H,6,7);/q2*-1;;+2. The third-order valence-corrected chi connectivity index (χ3v) is 1.51. The Balaban J connectivity index is -0.0000000813. The Morgan fingerprint density at radius 3 is 1.17 bits per heavy atom. The zero-order chi connectivity index (χ0) is 14.1. The summed E-state index contributed by atoms with van der Waals surface area (Å²) >= 11 is 0. The smallest absolute Gasteiger partial charge is 0.481 e. The van der Waals surface area contributed by atoms with E-state index in [1.54, 1.807) is 0 Å². The third-order valence-electron chi connectivity index (χ3n) is 1.51. The van der Waals surface area contributed by atoms with E-state index in [9.17, 15) is 9.59 Å². The number of carbonyl (C=O) groups is 2. The van der Waals surface area contributed by atoms with Gasteiger partial charge >= 0.3 is 60.8 Å². The van der Waals surface area contributed by atoms with Crippen molar-refractivity contribution in [2.24, 2.45) is 0 Å². The molecule has 2 N–H and O–H groups in total. The Bertz CT molecular complexity index is 150. The summed E-state index contributed by atoms with van der Waals surface area (Å²) in [6, 6.07) is 0. The van der Waals surface area contributed by atoms with Crippen LogP contribution in [0.3, 0.4) is 0 Å². The average molecular weight is 384 g/mol. The molecule has 0 bridgehead atoms. The van der Waals surface area contributed by atoms with Crippen LogP contribution >= 0.6 is 0 Å². The van der Waals surface area contributed by atoms with Gasteiger partial charge < -0.3 is 24.1 Å². The number of aliphatic carboxylic acids is 2. The van der Waals surface area contributed by atoms with Crippen molar-refractivity contribution in [2.45, 2.75) is 58.8 Å². The second kappa shape index (κ2) is 26.2. The molecule has 0 amide bonds. The van der Waals surface area contributed by atoms with E-state index < -0.39 is 18.4 Å². The molecule has 0 atom stereocenters. The maximum atomic E-state index is 9.43. The Morgan fingerprint density at radius 1 is 0.889 bits per heavy atom. The van der Waals surface area contributed by atoms with Crippen LogP contribution in [0.25, 0.3) is 0 Å². The van der Waals surface area contributed by atoms with Crippen LogP contribution in [0.4, 0.5) is 0 Å². The zero-order valence-electron chi connectivity index (χ0n) is 11.8. The maximum absolute atomic E-state index is 9.43. The molecule has 0 aliphatic heterocycles. The van der Waals surface area contributed by atoms with Crippen LogP contribution in [0.1, 0.15) is 58.8 Å². The summed E-state index contributed by atoms with van der Waals surface area (Å²) < 4.78 is 0. The van der Waals surface area contributed by atoms with Gasteiger partial charge in [0.25, 0.3) is 0 Å². The summed E-state index contributed by atoms with van der Waals surface area (Å²) in [4.78, 5) is 18.9. The van der Waals surface area contributed by atoms with Gasteiger partial charge in [0.15, 0.2) is 0 Å². The third kappa shape index (κ3) is 54.8. The fourth-order valence-electron chi connectivity index (χ4n) is 0.629. The van der Waals surface area contributed by atoms with Gasteiger partial charge in [-0.1, -0.05) is 39.5 Å². The largest absolute Gasteiger partial charge is 2.00 e. The molecule has 0 saturated carbocycles. The van der Waals surface area contributed by atoms with E-state index in [-0.39, 0.29) is 48.9 Å². The molecule has 5 heteroatoms. The van der Waals surface area contributed by atoms with E-state index in [0.717, 1.165) is 12.8 Å². The van der Waals surface area contributed by atoms with Gasteiger partial charge in [0.05, 0.1) is 0 Å². The molecule has 0 rings (SSSR count). The molecule has 4 nitrogen and oxygen atoms in total. The monoisotopic (exact) mass is 384 g/mol. The predicted molar refractivity (Wildman–Crippen MR) is 75.4 cm³/mol. The Hall–Kier alpha value is 0.511. The van der Waals surface area contributed by atoms with Gasteiger partial charge in [-0.25, -0.2) is 0 Å². The number of hydrogen-bond acceptors (Lipinski definition) is 2. The van der Waals surface area contributed by atoms with E-state index >= 15 is 0 Å². The Kier molecular flexibility index (Phi) is 39.2. The van der Waals surface area contributed by atoms with Gasteiger partial charge in [0, 0.05) is 0 Å². The minimum atomic E-state index is -1.31. The molecule has 104 valence electrons. The number of carboxylic acids is 2. The van der Waals surface area contributed by atoms with Crippen molar-refractivity contribution >= 4 is 60.8 Å². The summed E-state index contributed by atoms with van der Waals surface area (Å²) in [6.45, 7) is 11.7. The first-order chi connectivity index (χ1) is 7.95. The van der Waals surface area contributed by atoms with Gasteiger partial charge in [-0.15, -0.1) is 0 Å². The molecular formula is C13H26BaO4. The van der Waals surface area contributed by atoms with Crippen molar-refractivity contribution in [3.63, 3.8) is 0 Å². The summed E-state index contributed by atoms with van der Waals surface area (Å²) in [5.41, 5.74) is 0. The minimum absolute atomic E-state index is 0. The van der Waals surface area contributed by atoms with E-state index in [0.29, 0.717) is 0 Å². The van der Waals surface area contributed by atoms with E-state index in [4.69, 9.17) is 10.2 Å². The predicted octanol–water partition coefficient (Wildman–Crippen LogP) is 3.19. The topological polar surface area (TPSA) is 74.6 Å². The zero-order valence-corrected chi connectivity index (χ0v) is 16.2. The van der Waals surface area contributed by atoms with Crippen LogP contribution in [0.2, 0.25) is 0 Å². The molecule has 0 aliphatic rings. The average Bonchev–Trinajstić information content (AvgIpc) is 2.19. The molecule has 0 saturated heterocycles. The molecule has 0 aromatic rings. The summed E-state index contributed by atoms with van der Waals surface area (Å²) in [5, 5.41) is 15.4. The summed E-state index contributed by atoms with van der Waals surface area (Å²) in [6.07, 6.45) is 6.50. The summed E-state index contributed by atoms with van der Waals surface area (Å²) in [5.74, 6) is -2.62. The van der Waals surface area contributed by atoms with Crippen LogP contribution in [0.15, 0.2) is 0 Å². The quantitative estimate of drug-likeness (QED) is 0.420. The first-order valence-electron chi connectivity index (χ1n) is 5.98. The first-order valence-corrected chi connectivity index (χ1v) is 5.98. The Labute approximate surface area is 152 Å². The van der Waals surface area contributed by atoms with Crippen LogP contribution in [0.5, 0.6) is 0 Å². The maximum Gasteiger partial charge on any atom is 2.00 e. The van der Waals surface area contributed by atoms with Crippen molar-refractivity contribution in [1.82, 2.24) is 0 Å². The fraction of sp³-hybridized carbons (Fsp3) is 0.692. The molecule has 18 heavy (non-hydrogen) atoms. The molecule has 0 fully saturated rings. The van der Waals surface area contributed by atoms with Gasteiger partial charge in [-0.3, -0.25) is 9.59 Å². The van der Waals surface area contributed by atoms with Crippen LogP contribution in [-0.4, -0.2) is 71.0 Å². The first kappa shape index (κ1) is 27.0. The fourth-order valence-corrected chi connectivity index (χ4v) is 0.629. The van der Waals surface area contributed by atoms with Gasteiger partial charge in [-0.05, 0) is 0 Å². The van der Waals surface area contributed by atoms with Crippen molar-refractivity contribution in [1.29, 1.82) is 0 Å². The molecule has 0 unspecified atom stereocenters. The second-order valence-corrected chi connectivity index (χ2v) is 3.38. The molecule has 0 aliphatic carbocycles. The molecule has 0 heterocycles. The molecular weight excluding hydrogens is 357 g/mol. The van der Waals surface area contributed by atoms with Crippen molar-refractivity contribution in [2.75, 3.05) is 0 Å². The van der Waals surface area contributed by atoms with Gasteiger partial charge in [-0.2, -0.15) is 12.8 Å². The van der Waals surface area contributed by atoms with E-state index in [1.807, 2.05) is 0 Å². The van der Waals surface area contributed by atoms with Crippen LogP contribution in [0, 0.1) is 13.8 Å². The second-order valence-electron chi connectivity index (χ2n) is 3.38. The van der Waals surface area contributed by atoms with E-state index in [1.165, 1.54) is 25.7 Å². The van der Waals surface area contributed by atoms with E-state index in [2.05, 4.69) is 27.7 Å². The molecule has 0 aromatic carbocycles. The van der Waals surface area contributed by atoms with Gasteiger partial charge in [0.1, 0.15) is 6.42 Å². The summed E-state index contributed by atoms with van der Waals surface area (Å²) in [7, 11) is 0. The number of unbranched alkanes of at least 4 members (excludes halogenated alkanes) is 4. The SMILES string of the molecule is O=C(O)CC(=O)O.[Ba+2].[CH2-]CCCC.[CH2-]CCCC. The number of carboxylic acid groups (broad SMARTS) is 2. The van der Waals surface area contributed by atoms with Crippen molar-refractivity contribution < 1.29 is 19.8 Å². The molecule has 0 radical (unpaired) electrons. The van der Waals surface area contributed by atoms with Crippen molar-refractivity contribution in [3.8, 4) is 0 Å². The molecule has 0 aromatic heterocycles. The minimum Gasteiger partial charge on any atom is -0.481 e. The number of rotatable bonds is 6. The normalized spacial score (nSPS) is 7.78. The van der Waals surface area contributed by atoms with Crippen molar-refractivity contribution in [3.05, 3.63) is 13.8 Å². The van der Waals surface area contributed by atoms with Crippen LogP contribution < -0.4 is 0 Å². The van der Waals surface area contributed by atoms with Crippen LogP contribution in [-0.2, 0) is 9.59 Å². The Morgan fingerprint density at radius 2 is 1.17 bits per heavy atom. The molecule has 0 spiro atoms.